The van der Waals surface area contributed by atoms with E-state index in [0.29, 0.717) is 0 Å². The molecule has 1 nitrogen and oxygen atoms in total. The fraction of sp³-hybridized carbons (Fsp3) is 0.964. The molecule has 29 heavy (non-hydrogen) atoms. The zero-order valence-corrected chi connectivity index (χ0v) is 20.5. The van der Waals surface area contributed by atoms with Gasteiger partial charge in [0.25, 0.3) is 0 Å². The topological polar surface area (TPSA) is 9.23 Å². The van der Waals surface area contributed by atoms with Crippen molar-refractivity contribution in [2.45, 2.75) is 161 Å². The van der Waals surface area contributed by atoms with Crippen LogP contribution in [-0.2, 0) is 4.74 Å². The SMILES string of the molecule is [CH2]CCCCCCCCCCCCCCCCCCCCCCCCCCOC. The van der Waals surface area contributed by atoms with Crippen LogP contribution in [0.1, 0.15) is 161 Å². The van der Waals surface area contributed by atoms with Gasteiger partial charge in [0, 0.05) is 13.7 Å². The second-order valence-corrected chi connectivity index (χ2v) is 9.33. The highest BCUT2D eigenvalue weighted by atomic mass is 16.5. The predicted molar refractivity (Wildman–Crippen MR) is 133 cm³/mol. The Morgan fingerprint density at radius 1 is 0.345 bits per heavy atom. The van der Waals surface area contributed by atoms with E-state index in [1.165, 1.54) is 154 Å². The summed E-state index contributed by atoms with van der Waals surface area (Å²) in [6.45, 7) is 4.86. The molecule has 0 aromatic rings. The molecule has 0 rings (SSSR count). The Morgan fingerprint density at radius 3 is 0.759 bits per heavy atom. The summed E-state index contributed by atoms with van der Waals surface area (Å²) in [6.07, 6.45) is 35.7. The van der Waals surface area contributed by atoms with Crippen LogP contribution in [0.25, 0.3) is 0 Å². The van der Waals surface area contributed by atoms with Crippen LogP contribution in [0.4, 0.5) is 0 Å². The third-order valence-corrected chi connectivity index (χ3v) is 6.35. The molecule has 0 aromatic carbocycles. The maximum Gasteiger partial charge on any atom is 0.0462 e. The van der Waals surface area contributed by atoms with E-state index in [1.54, 1.807) is 7.11 Å². The molecule has 0 heterocycles. The smallest absolute Gasteiger partial charge is 0.0462 e. The Labute approximate surface area is 186 Å². The average Bonchev–Trinajstić information content (AvgIpc) is 2.74. The van der Waals surface area contributed by atoms with Crippen LogP contribution in [0.15, 0.2) is 0 Å². The standard InChI is InChI=1S/C28H57O/c1-3-4-5-6-7-8-9-10-11-12-13-14-15-16-17-18-19-20-21-22-23-24-25-26-27-28-29-2/h1,3-28H2,2H3. The first-order valence-electron chi connectivity index (χ1n) is 13.7. The van der Waals surface area contributed by atoms with Gasteiger partial charge < -0.3 is 4.74 Å². The Balaban J connectivity index is 2.97. The van der Waals surface area contributed by atoms with Crippen LogP contribution in [0.3, 0.4) is 0 Å². The zero-order valence-electron chi connectivity index (χ0n) is 20.5. The number of hydrogen-bond donors (Lipinski definition) is 0. The summed E-state index contributed by atoms with van der Waals surface area (Å²) in [6, 6.07) is 0. The third kappa shape index (κ3) is 28.0. The van der Waals surface area contributed by atoms with E-state index < -0.39 is 0 Å². The molecule has 0 aliphatic carbocycles. The fourth-order valence-corrected chi connectivity index (χ4v) is 4.31. The normalized spacial score (nSPS) is 11.4. The van der Waals surface area contributed by atoms with Crippen molar-refractivity contribution in [2.24, 2.45) is 0 Å². The van der Waals surface area contributed by atoms with Crippen molar-refractivity contribution in [1.29, 1.82) is 0 Å². The van der Waals surface area contributed by atoms with Gasteiger partial charge in [0.2, 0.25) is 0 Å². The molecule has 0 unspecified atom stereocenters. The molecule has 0 spiro atoms. The van der Waals surface area contributed by atoms with Crippen LogP contribution in [0.2, 0.25) is 0 Å². The quantitative estimate of drug-likeness (QED) is 0.129. The van der Waals surface area contributed by atoms with Crippen molar-refractivity contribution in [3.05, 3.63) is 6.92 Å². The van der Waals surface area contributed by atoms with E-state index in [0.717, 1.165) is 13.0 Å². The van der Waals surface area contributed by atoms with Crippen molar-refractivity contribution < 1.29 is 4.74 Å². The van der Waals surface area contributed by atoms with E-state index in [4.69, 9.17) is 4.74 Å². The highest BCUT2D eigenvalue weighted by Gasteiger charge is 1.96. The molecule has 0 fully saturated rings. The molecule has 0 saturated heterocycles. The van der Waals surface area contributed by atoms with Gasteiger partial charge in [0.1, 0.15) is 0 Å². The van der Waals surface area contributed by atoms with Gasteiger partial charge in [-0.05, 0) is 6.42 Å². The van der Waals surface area contributed by atoms with Crippen molar-refractivity contribution in [2.75, 3.05) is 13.7 Å². The molecular weight excluding hydrogens is 352 g/mol. The van der Waals surface area contributed by atoms with Crippen molar-refractivity contribution in [3.63, 3.8) is 0 Å². The lowest BCUT2D eigenvalue weighted by Gasteiger charge is -2.04. The van der Waals surface area contributed by atoms with E-state index >= 15 is 0 Å². The molecule has 0 aliphatic heterocycles. The van der Waals surface area contributed by atoms with Crippen LogP contribution in [0, 0.1) is 6.92 Å². The molecule has 0 aromatic heterocycles. The number of rotatable bonds is 26. The lowest BCUT2D eigenvalue weighted by molar-refractivity contribution is 0.192. The second-order valence-electron chi connectivity index (χ2n) is 9.33. The average molecular weight is 410 g/mol. The first kappa shape index (κ1) is 29.0. The molecule has 0 saturated carbocycles. The Morgan fingerprint density at radius 2 is 0.552 bits per heavy atom. The second kappa shape index (κ2) is 28.0. The molecule has 0 N–H and O–H groups in total. The monoisotopic (exact) mass is 409 g/mol. The van der Waals surface area contributed by atoms with Gasteiger partial charge in [-0.1, -0.05) is 161 Å². The molecule has 175 valence electrons. The van der Waals surface area contributed by atoms with E-state index in [2.05, 4.69) is 6.92 Å². The van der Waals surface area contributed by atoms with Crippen molar-refractivity contribution in [1.82, 2.24) is 0 Å². The Bertz CT molecular complexity index is 237. The number of methoxy groups -OCH3 is 1. The Kier molecular flexibility index (Phi) is 27.9. The van der Waals surface area contributed by atoms with Gasteiger partial charge >= 0.3 is 0 Å². The van der Waals surface area contributed by atoms with Gasteiger partial charge in [0.15, 0.2) is 0 Å². The maximum absolute atomic E-state index is 5.09. The van der Waals surface area contributed by atoms with Crippen LogP contribution >= 0.6 is 0 Å². The number of unbranched alkanes of at least 4 members (excludes halogenated alkanes) is 24. The maximum atomic E-state index is 5.09. The fourth-order valence-electron chi connectivity index (χ4n) is 4.31. The minimum atomic E-state index is 0.942. The van der Waals surface area contributed by atoms with E-state index in [1.807, 2.05) is 0 Å². The number of ether oxygens (including phenoxy) is 1. The molecule has 0 atom stereocenters. The highest BCUT2D eigenvalue weighted by Crippen LogP contribution is 2.15. The molecule has 1 heteroatoms. The summed E-state index contributed by atoms with van der Waals surface area (Å²) in [5.74, 6) is 0. The molecule has 0 amide bonds. The minimum absolute atomic E-state index is 0.942. The van der Waals surface area contributed by atoms with Crippen molar-refractivity contribution >= 4 is 0 Å². The summed E-state index contributed by atoms with van der Waals surface area (Å²) < 4.78 is 5.09. The van der Waals surface area contributed by atoms with E-state index in [9.17, 15) is 0 Å². The lowest BCUT2D eigenvalue weighted by Crippen LogP contribution is -1.88. The molecular formula is C28H57O. The first-order chi connectivity index (χ1) is 14.4. The van der Waals surface area contributed by atoms with Crippen molar-refractivity contribution in [3.8, 4) is 0 Å². The van der Waals surface area contributed by atoms with Gasteiger partial charge in [-0.3, -0.25) is 0 Å². The summed E-state index contributed by atoms with van der Waals surface area (Å²) >= 11 is 0. The van der Waals surface area contributed by atoms with Gasteiger partial charge in [-0.25, -0.2) is 0 Å². The number of hydrogen-bond acceptors (Lipinski definition) is 1. The molecule has 0 bridgehead atoms. The predicted octanol–water partition coefficient (Wildman–Crippen LogP) is 10.2. The van der Waals surface area contributed by atoms with Crippen LogP contribution in [0.5, 0.6) is 0 Å². The highest BCUT2D eigenvalue weighted by molar-refractivity contribution is 4.52. The van der Waals surface area contributed by atoms with Crippen LogP contribution in [-0.4, -0.2) is 13.7 Å². The first-order valence-corrected chi connectivity index (χ1v) is 13.7. The largest absolute Gasteiger partial charge is 0.385 e. The summed E-state index contributed by atoms with van der Waals surface area (Å²) in [4.78, 5) is 0. The summed E-state index contributed by atoms with van der Waals surface area (Å²) in [5.41, 5.74) is 0. The van der Waals surface area contributed by atoms with Gasteiger partial charge in [-0.15, -0.1) is 0 Å². The molecule has 0 aliphatic rings. The Hall–Kier alpha value is -0.0400. The van der Waals surface area contributed by atoms with Gasteiger partial charge in [0.05, 0.1) is 0 Å². The van der Waals surface area contributed by atoms with Crippen LogP contribution < -0.4 is 0 Å². The zero-order chi connectivity index (χ0) is 21.1. The lowest BCUT2D eigenvalue weighted by atomic mass is 10.0. The molecule has 1 radical (unpaired) electrons. The summed E-state index contributed by atoms with van der Waals surface area (Å²) in [7, 11) is 1.80. The third-order valence-electron chi connectivity index (χ3n) is 6.35. The minimum Gasteiger partial charge on any atom is -0.385 e. The van der Waals surface area contributed by atoms with Gasteiger partial charge in [-0.2, -0.15) is 0 Å². The van der Waals surface area contributed by atoms with E-state index in [-0.39, 0.29) is 0 Å². The summed E-state index contributed by atoms with van der Waals surface area (Å²) in [5, 5.41) is 0.